The molecule has 1 saturated carbocycles. The Labute approximate surface area is 115 Å². The minimum absolute atomic E-state index is 0.0867. The van der Waals surface area contributed by atoms with E-state index in [0.717, 1.165) is 25.7 Å². The monoisotopic (exact) mass is 285 g/mol. The topological polar surface area (TPSA) is 113 Å². The number of primary amides is 1. The van der Waals surface area contributed by atoms with Crippen molar-refractivity contribution < 1.29 is 9.90 Å². The molecule has 0 radical (unpaired) electrons. The van der Waals surface area contributed by atoms with E-state index < -0.39 is 12.0 Å². The van der Waals surface area contributed by atoms with Crippen LogP contribution >= 0.6 is 11.8 Å². The molecule has 2 atom stereocenters. The summed E-state index contributed by atoms with van der Waals surface area (Å²) in [6.45, 7) is 0. The normalized spacial score (nSPS) is 22.8. The minimum atomic E-state index is -0.660. The predicted molar refractivity (Wildman–Crippen MR) is 71.9 cm³/mol. The number of amides is 1. The van der Waals surface area contributed by atoms with Gasteiger partial charge < -0.3 is 16.2 Å². The summed E-state index contributed by atoms with van der Waals surface area (Å²) in [7, 11) is 0. The second-order valence-corrected chi connectivity index (χ2v) is 4.71. The van der Waals surface area contributed by atoms with Crippen LogP contribution in [0.3, 0.4) is 0 Å². The Balaban J connectivity index is 2.14. The largest absolute Gasteiger partial charge is 0.391 e. The number of nitrogens with one attached hydrogen (secondary N) is 2. The first-order chi connectivity index (χ1) is 9.11. The molecule has 19 heavy (non-hydrogen) atoms. The molecule has 0 unspecified atom stereocenters. The highest BCUT2D eigenvalue weighted by Gasteiger charge is 2.24. The van der Waals surface area contributed by atoms with Crippen LogP contribution in [0.25, 0.3) is 0 Å². The number of aliphatic hydroxyl groups is 1. The van der Waals surface area contributed by atoms with Gasteiger partial charge in [-0.3, -0.25) is 9.63 Å². The standard InChI is InChI=1S/C11H16ClN5O2/c12-17-10-6(9(13)19)5-14-11(16-10)15-7-3-1-2-4-8(7)18/h5,7-8,18H,1-4H2,(H2,13,19)(H2,14,15,16,17)/t7-,8+/m1/s1. The van der Waals surface area contributed by atoms with Crippen LogP contribution in [0, 0.1) is 0 Å². The van der Waals surface area contributed by atoms with Crippen LogP contribution < -0.4 is 15.9 Å². The van der Waals surface area contributed by atoms with Crippen LogP contribution in [-0.4, -0.2) is 33.1 Å². The summed E-state index contributed by atoms with van der Waals surface area (Å²) >= 11 is 5.49. The lowest BCUT2D eigenvalue weighted by atomic mass is 9.93. The smallest absolute Gasteiger partial charge is 0.254 e. The predicted octanol–water partition coefficient (Wildman–Crippen LogP) is 0.857. The van der Waals surface area contributed by atoms with E-state index >= 15 is 0 Å². The van der Waals surface area contributed by atoms with Gasteiger partial charge in [0.25, 0.3) is 5.91 Å². The van der Waals surface area contributed by atoms with E-state index in [2.05, 4.69) is 20.1 Å². The van der Waals surface area contributed by atoms with Crippen LogP contribution in [0.2, 0.25) is 0 Å². The van der Waals surface area contributed by atoms with Crippen molar-refractivity contribution in [3.05, 3.63) is 11.8 Å². The van der Waals surface area contributed by atoms with Crippen molar-refractivity contribution in [3.8, 4) is 0 Å². The molecule has 104 valence electrons. The lowest BCUT2D eigenvalue weighted by Crippen LogP contribution is -2.37. The van der Waals surface area contributed by atoms with Crippen LogP contribution in [0.15, 0.2) is 6.20 Å². The van der Waals surface area contributed by atoms with E-state index in [4.69, 9.17) is 17.5 Å². The summed E-state index contributed by atoms with van der Waals surface area (Å²) in [4.78, 5) is 21.5. The van der Waals surface area contributed by atoms with Crippen molar-refractivity contribution >= 4 is 29.5 Å². The van der Waals surface area contributed by atoms with E-state index in [9.17, 15) is 9.90 Å². The number of rotatable bonds is 4. The third kappa shape index (κ3) is 3.24. The Morgan fingerprint density at radius 1 is 1.47 bits per heavy atom. The first-order valence-electron chi connectivity index (χ1n) is 6.10. The molecule has 5 N–H and O–H groups in total. The average Bonchev–Trinajstić information content (AvgIpc) is 2.41. The van der Waals surface area contributed by atoms with Gasteiger partial charge in [-0.25, -0.2) is 4.98 Å². The average molecular weight is 286 g/mol. The molecule has 0 bridgehead atoms. The highest BCUT2D eigenvalue weighted by molar-refractivity contribution is 6.24. The SMILES string of the molecule is NC(=O)c1cnc(N[C@@H]2CCCC[C@@H]2O)nc1NCl. The number of nitrogens with two attached hydrogens (primary N) is 1. The summed E-state index contributed by atoms with van der Waals surface area (Å²) in [5.74, 6) is -0.205. The molecule has 0 aromatic carbocycles. The molecule has 1 aromatic heterocycles. The summed E-state index contributed by atoms with van der Waals surface area (Å²) in [5.41, 5.74) is 5.28. The molecule has 1 heterocycles. The van der Waals surface area contributed by atoms with Gasteiger partial charge in [0.05, 0.1) is 12.1 Å². The first kappa shape index (κ1) is 13.8. The molecule has 8 heteroatoms. The van der Waals surface area contributed by atoms with Gasteiger partial charge in [0, 0.05) is 18.0 Å². The molecule has 1 aromatic rings. The summed E-state index contributed by atoms with van der Waals surface area (Å²) < 4.78 is 0. The molecular formula is C11H16ClN5O2. The summed E-state index contributed by atoms with van der Waals surface area (Å²) in [6, 6.07) is -0.0867. The van der Waals surface area contributed by atoms with Crippen molar-refractivity contribution in [3.63, 3.8) is 0 Å². The number of aromatic nitrogens is 2. The number of halogens is 1. The Bertz CT molecular complexity index is 470. The van der Waals surface area contributed by atoms with Gasteiger partial charge in [-0.05, 0) is 12.8 Å². The number of aliphatic hydroxyl groups excluding tert-OH is 1. The van der Waals surface area contributed by atoms with E-state index in [1.807, 2.05) is 0 Å². The molecule has 1 fully saturated rings. The fraction of sp³-hybridized carbons (Fsp3) is 0.545. The van der Waals surface area contributed by atoms with Crippen molar-refractivity contribution in [2.45, 2.75) is 37.8 Å². The van der Waals surface area contributed by atoms with Gasteiger partial charge in [0.15, 0.2) is 5.82 Å². The van der Waals surface area contributed by atoms with Gasteiger partial charge in [0.1, 0.15) is 5.56 Å². The lowest BCUT2D eigenvalue weighted by Gasteiger charge is -2.28. The van der Waals surface area contributed by atoms with Crippen LogP contribution in [0.5, 0.6) is 0 Å². The molecule has 0 aliphatic heterocycles. The van der Waals surface area contributed by atoms with Gasteiger partial charge in [-0.2, -0.15) is 4.98 Å². The fourth-order valence-electron chi connectivity index (χ4n) is 2.15. The maximum absolute atomic E-state index is 11.1. The van der Waals surface area contributed by atoms with E-state index in [-0.39, 0.29) is 17.4 Å². The minimum Gasteiger partial charge on any atom is -0.391 e. The van der Waals surface area contributed by atoms with Gasteiger partial charge in [0.2, 0.25) is 5.95 Å². The molecule has 7 nitrogen and oxygen atoms in total. The van der Waals surface area contributed by atoms with Gasteiger partial charge >= 0.3 is 0 Å². The number of carbonyl (C=O) groups is 1. The number of nitrogens with zero attached hydrogens (tertiary/aromatic N) is 2. The molecule has 0 saturated heterocycles. The van der Waals surface area contributed by atoms with Crippen molar-refractivity contribution in [2.75, 3.05) is 10.2 Å². The zero-order valence-corrected chi connectivity index (χ0v) is 11.0. The van der Waals surface area contributed by atoms with Crippen LogP contribution in [-0.2, 0) is 0 Å². The maximum atomic E-state index is 11.1. The zero-order valence-electron chi connectivity index (χ0n) is 10.3. The third-order valence-corrected chi connectivity index (χ3v) is 3.37. The molecule has 2 rings (SSSR count). The molecular weight excluding hydrogens is 270 g/mol. The van der Waals surface area contributed by atoms with Crippen LogP contribution in [0.4, 0.5) is 11.8 Å². The lowest BCUT2D eigenvalue weighted by molar-refractivity contribution is 0.1000. The summed E-state index contributed by atoms with van der Waals surface area (Å²) in [5, 5.41) is 12.9. The molecule has 1 amide bonds. The first-order valence-corrected chi connectivity index (χ1v) is 6.47. The molecule has 1 aliphatic carbocycles. The number of hydrogen-bond donors (Lipinski definition) is 4. The van der Waals surface area contributed by atoms with Crippen molar-refractivity contribution in [1.29, 1.82) is 0 Å². The van der Waals surface area contributed by atoms with Crippen molar-refractivity contribution in [2.24, 2.45) is 5.73 Å². The quantitative estimate of drug-likeness (QED) is 0.610. The van der Waals surface area contributed by atoms with Crippen molar-refractivity contribution in [1.82, 2.24) is 9.97 Å². The summed E-state index contributed by atoms with van der Waals surface area (Å²) in [6.07, 6.45) is 4.57. The van der Waals surface area contributed by atoms with Gasteiger partial charge in [-0.1, -0.05) is 12.8 Å². The second kappa shape index (κ2) is 6.03. The van der Waals surface area contributed by atoms with Gasteiger partial charge in [-0.15, -0.1) is 0 Å². The Hall–Kier alpha value is -1.60. The Kier molecular flexibility index (Phi) is 4.39. The highest BCUT2D eigenvalue weighted by Crippen LogP contribution is 2.22. The van der Waals surface area contributed by atoms with E-state index in [1.165, 1.54) is 6.20 Å². The number of carbonyl (C=O) groups excluding carboxylic acids is 1. The maximum Gasteiger partial charge on any atom is 0.254 e. The second-order valence-electron chi connectivity index (χ2n) is 4.52. The number of anilines is 2. The Morgan fingerprint density at radius 3 is 2.84 bits per heavy atom. The van der Waals surface area contributed by atoms with Crippen LogP contribution in [0.1, 0.15) is 36.0 Å². The third-order valence-electron chi connectivity index (χ3n) is 3.19. The zero-order chi connectivity index (χ0) is 13.8. The van der Waals surface area contributed by atoms with E-state index in [0.29, 0.717) is 5.95 Å². The van der Waals surface area contributed by atoms with E-state index in [1.54, 1.807) is 0 Å². The molecule has 0 spiro atoms. The number of hydrogen-bond acceptors (Lipinski definition) is 6. The highest BCUT2D eigenvalue weighted by atomic mass is 35.5. The Morgan fingerprint density at radius 2 is 2.21 bits per heavy atom. The fourth-order valence-corrected chi connectivity index (χ4v) is 2.29. The molecule has 1 aliphatic rings.